The first-order chi connectivity index (χ1) is 15.0. The van der Waals surface area contributed by atoms with Crippen LogP contribution < -0.4 is 4.74 Å². The summed E-state index contributed by atoms with van der Waals surface area (Å²) in [4.78, 5) is 15.2. The Kier molecular flexibility index (Phi) is 6.21. The topological polar surface area (TPSA) is 72.6 Å². The van der Waals surface area contributed by atoms with E-state index in [0.717, 1.165) is 46.0 Å². The Hall–Kier alpha value is -3.34. The van der Waals surface area contributed by atoms with Crippen LogP contribution in [0.5, 0.6) is 5.75 Å². The molecule has 0 aliphatic heterocycles. The van der Waals surface area contributed by atoms with Crippen molar-refractivity contribution < 1.29 is 19.1 Å². The van der Waals surface area contributed by atoms with E-state index >= 15 is 0 Å². The summed E-state index contributed by atoms with van der Waals surface area (Å²) in [6.45, 7) is 4.92. The molecule has 1 N–H and O–H groups in total. The van der Waals surface area contributed by atoms with E-state index in [1.54, 1.807) is 0 Å². The molecular formula is C26H27NO4. The van der Waals surface area contributed by atoms with E-state index in [-0.39, 0.29) is 6.42 Å². The van der Waals surface area contributed by atoms with Gasteiger partial charge >= 0.3 is 5.97 Å². The number of carbonyl (C=O) groups is 1. The Labute approximate surface area is 181 Å². The van der Waals surface area contributed by atoms with Crippen molar-refractivity contribution in [1.29, 1.82) is 0 Å². The number of nitrogens with zero attached hydrogens (tertiary/aromatic N) is 1. The molecule has 0 radical (unpaired) electrons. The van der Waals surface area contributed by atoms with Crippen molar-refractivity contribution in [3.63, 3.8) is 0 Å². The zero-order chi connectivity index (χ0) is 21.8. The highest BCUT2D eigenvalue weighted by Crippen LogP contribution is 2.30. The van der Waals surface area contributed by atoms with Crippen LogP contribution >= 0.6 is 0 Å². The van der Waals surface area contributed by atoms with Crippen LogP contribution in [0.2, 0.25) is 0 Å². The Bertz CT molecular complexity index is 1210. The summed E-state index contributed by atoms with van der Waals surface area (Å²) in [7, 11) is 0. The van der Waals surface area contributed by atoms with Crippen LogP contribution in [0.1, 0.15) is 51.0 Å². The molecule has 0 atom stereocenters. The lowest BCUT2D eigenvalue weighted by molar-refractivity contribution is -0.137. The Morgan fingerprint density at radius 3 is 2.61 bits per heavy atom. The van der Waals surface area contributed by atoms with E-state index in [4.69, 9.17) is 14.3 Å². The van der Waals surface area contributed by atoms with E-state index in [0.29, 0.717) is 24.8 Å². The van der Waals surface area contributed by atoms with Crippen molar-refractivity contribution in [2.75, 3.05) is 6.61 Å². The third-order valence-electron chi connectivity index (χ3n) is 5.44. The van der Waals surface area contributed by atoms with Crippen molar-refractivity contribution in [2.45, 2.75) is 45.4 Å². The number of aliphatic carboxylic acids is 1. The molecule has 0 aliphatic carbocycles. The molecule has 0 saturated carbocycles. The minimum atomic E-state index is -0.743. The summed E-state index contributed by atoms with van der Waals surface area (Å²) in [6.07, 6.45) is 2.61. The number of aromatic nitrogens is 1. The lowest BCUT2D eigenvalue weighted by Gasteiger charge is -2.08. The fourth-order valence-corrected chi connectivity index (χ4v) is 3.62. The normalized spacial score (nSPS) is 11.5. The first-order valence-electron chi connectivity index (χ1n) is 10.8. The van der Waals surface area contributed by atoms with Gasteiger partial charge in [-0.3, -0.25) is 4.79 Å². The molecule has 0 amide bonds. The summed E-state index contributed by atoms with van der Waals surface area (Å²) in [6, 6.07) is 18.4. The summed E-state index contributed by atoms with van der Waals surface area (Å²) < 4.78 is 11.9. The maximum absolute atomic E-state index is 10.5. The number of rotatable bonds is 9. The van der Waals surface area contributed by atoms with E-state index in [2.05, 4.69) is 43.1 Å². The fraction of sp³-hybridized carbons (Fsp3) is 0.308. The predicted molar refractivity (Wildman–Crippen MR) is 123 cm³/mol. The van der Waals surface area contributed by atoms with Gasteiger partial charge in [0.2, 0.25) is 5.89 Å². The summed E-state index contributed by atoms with van der Waals surface area (Å²) in [5.41, 5.74) is 3.87. The molecule has 160 valence electrons. The van der Waals surface area contributed by atoms with Crippen molar-refractivity contribution in [2.24, 2.45) is 0 Å². The molecule has 0 fully saturated rings. The number of oxazole rings is 1. The quantitative estimate of drug-likeness (QED) is 0.303. The minimum Gasteiger partial charge on any atom is -0.494 e. The molecule has 1 heterocycles. The van der Waals surface area contributed by atoms with Crippen LogP contribution in [0.15, 0.2) is 59.0 Å². The third-order valence-corrected chi connectivity index (χ3v) is 5.44. The lowest BCUT2D eigenvalue weighted by atomic mass is 10.0. The molecule has 5 heteroatoms. The highest BCUT2D eigenvalue weighted by molar-refractivity contribution is 5.88. The highest BCUT2D eigenvalue weighted by Gasteiger charge is 2.11. The first-order valence-corrected chi connectivity index (χ1v) is 10.8. The molecule has 4 rings (SSSR count). The van der Waals surface area contributed by atoms with Crippen LogP contribution in [-0.4, -0.2) is 22.7 Å². The number of carboxylic acid groups (broad SMARTS) is 1. The number of unbranched alkanes of at least 4 members (excludes halogenated alkanes) is 2. The van der Waals surface area contributed by atoms with E-state index in [1.165, 1.54) is 5.56 Å². The number of fused-ring (bicyclic) bond motifs is 2. The summed E-state index contributed by atoms with van der Waals surface area (Å²) in [5.74, 6) is 1.15. The van der Waals surface area contributed by atoms with Crippen LogP contribution in [0.25, 0.3) is 33.3 Å². The number of carboxylic acids is 1. The fourth-order valence-electron chi connectivity index (χ4n) is 3.62. The highest BCUT2D eigenvalue weighted by atomic mass is 16.5. The zero-order valence-electron chi connectivity index (χ0n) is 17.9. The van der Waals surface area contributed by atoms with Gasteiger partial charge in [-0.25, -0.2) is 4.98 Å². The number of hydrogen-bond donors (Lipinski definition) is 1. The van der Waals surface area contributed by atoms with Gasteiger partial charge in [0, 0.05) is 12.0 Å². The van der Waals surface area contributed by atoms with Crippen molar-refractivity contribution >= 4 is 27.8 Å². The van der Waals surface area contributed by atoms with Crippen LogP contribution in [0, 0.1) is 0 Å². The van der Waals surface area contributed by atoms with E-state index in [1.807, 2.05) is 30.3 Å². The van der Waals surface area contributed by atoms with Crippen molar-refractivity contribution in [1.82, 2.24) is 4.98 Å². The van der Waals surface area contributed by atoms with Gasteiger partial charge in [-0.15, -0.1) is 0 Å². The molecule has 3 aromatic carbocycles. The van der Waals surface area contributed by atoms with Crippen molar-refractivity contribution in [3.05, 3.63) is 60.2 Å². The molecular weight excluding hydrogens is 390 g/mol. The Morgan fingerprint density at radius 1 is 1.00 bits per heavy atom. The first kappa shape index (κ1) is 20.9. The molecule has 5 nitrogen and oxygen atoms in total. The van der Waals surface area contributed by atoms with Crippen LogP contribution in [-0.2, 0) is 4.79 Å². The summed E-state index contributed by atoms with van der Waals surface area (Å²) in [5, 5.41) is 10.8. The minimum absolute atomic E-state index is 0.220. The third kappa shape index (κ3) is 5.05. The standard InChI is InChI=1S/C26H27NO4/c1-17(2)18-10-12-23-24(16-18)31-26(27-23)21-8-7-20-15-22(11-9-19(20)14-21)30-13-5-3-4-6-25(28)29/h7-12,14-17H,3-6,13H2,1-2H3,(H,28,29). The second kappa shape index (κ2) is 9.21. The van der Waals surface area contributed by atoms with Crippen molar-refractivity contribution in [3.8, 4) is 17.2 Å². The maximum Gasteiger partial charge on any atom is 0.303 e. The molecule has 4 aromatic rings. The number of ether oxygens (including phenoxy) is 1. The van der Waals surface area contributed by atoms with Crippen LogP contribution in [0.3, 0.4) is 0 Å². The van der Waals surface area contributed by atoms with Gasteiger partial charge in [-0.05, 0) is 77.9 Å². The van der Waals surface area contributed by atoms with Gasteiger partial charge in [0.1, 0.15) is 11.3 Å². The molecule has 0 saturated heterocycles. The molecule has 0 aliphatic rings. The van der Waals surface area contributed by atoms with Gasteiger partial charge in [-0.1, -0.05) is 32.0 Å². The molecule has 0 bridgehead atoms. The number of hydrogen-bond acceptors (Lipinski definition) is 4. The zero-order valence-corrected chi connectivity index (χ0v) is 17.9. The molecule has 0 unspecified atom stereocenters. The SMILES string of the molecule is CC(C)c1ccc2nc(-c3ccc4cc(OCCCCCC(=O)O)ccc4c3)oc2c1. The predicted octanol–water partition coefficient (Wildman–Crippen LogP) is 6.80. The van der Waals surface area contributed by atoms with Gasteiger partial charge in [-0.2, -0.15) is 0 Å². The largest absolute Gasteiger partial charge is 0.494 e. The monoisotopic (exact) mass is 417 g/mol. The van der Waals surface area contributed by atoms with Gasteiger partial charge in [0.25, 0.3) is 0 Å². The second-order valence-corrected chi connectivity index (χ2v) is 8.18. The van der Waals surface area contributed by atoms with Gasteiger partial charge < -0.3 is 14.3 Å². The number of benzene rings is 3. The van der Waals surface area contributed by atoms with E-state index < -0.39 is 5.97 Å². The van der Waals surface area contributed by atoms with Gasteiger partial charge in [0.05, 0.1) is 6.61 Å². The smallest absolute Gasteiger partial charge is 0.303 e. The van der Waals surface area contributed by atoms with Crippen LogP contribution in [0.4, 0.5) is 0 Å². The second-order valence-electron chi connectivity index (χ2n) is 8.18. The average molecular weight is 418 g/mol. The average Bonchev–Trinajstić information content (AvgIpc) is 3.19. The molecule has 31 heavy (non-hydrogen) atoms. The Morgan fingerprint density at radius 2 is 1.81 bits per heavy atom. The summed E-state index contributed by atoms with van der Waals surface area (Å²) >= 11 is 0. The van der Waals surface area contributed by atoms with E-state index in [9.17, 15) is 4.79 Å². The molecule has 1 aromatic heterocycles. The molecule has 0 spiro atoms. The maximum atomic E-state index is 10.5. The van der Waals surface area contributed by atoms with Gasteiger partial charge in [0.15, 0.2) is 5.58 Å². The Balaban J connectivity index is 1.45. The lowest BCUT2D eigenvalue weighted by Crippen LogP contribution is -1.99.